The lowest BCUT2D eigenvalue weighted by molar-refractivity contribution is -0.136. The Morgan fingerprint density at radius 2 is 1.96 bits per heavy atom. The molecule has 1 aromatic heterocycles. The van der Waals surface area contributed by atoms with Gasteiger partial charge in [-0.15, -0.1) is 0 Å². The normalized spacial score (nSPS) is 20.6. The molecule has 0 radical (unpaired) electrons. The minimum absolute atomic E-state index is 0.203. The van der Waals surface area contributed by atoms with Crippen molar-refractivity contribution in [1.29, 1.82) is 0 Å². The van der Waals surface area contributed by atoms with Crippen molar-refractivity contribution in [3.63, 3.8) is 0 Å². The van der Waals surface area contributed by atoms with Crippen LogP contribution in [-0.4, -0.2) is 27.5 Å². The van der Waals surface area contributed by atoms with Crippen LogP contribution < -0.4 is 0 Å². The molecule has 3 rings (SSSR count). The average molecular weight is 350 g/mol. The van der Waals surface area contributed by atoms with Crippen LogP contribution in [0.15, 0.2) is 66.9 Å². The van der Waals surface area contributed by atoms with Gasteiger partial charge in [-0.2, -0.15) is 0 Å². The lowest BCUT2D eigenvalue weighted by Gasteiger charge is -2.28. The van der Waals surface area contributed by atoms with Crippen LogP contribution in [0.2, 0.25) is 0 Å². The molecule has 1 aliphatic heterocycles. The molecule has 2 heterocycles. The van der Waals surface area contributed by atoms with E-state index in [9.17, 15) is 4.79 Å². The number of nitrogens with zero attached hydrogens (tertiary/aromatic N) is 2. The number of carbonyl (C=O) groups is 1. The van der Waals surface area contributed by atoms with Crippen molar-refractivity contribution in [3.05, 3.63) is 78.1 Å². The predicted molar refractivity (Wildman–Crippen MR) is 103 cm³/mol. The summed E-state index contributed by atoms with van der Waals surface area (Å²) >= 11 is 0. The van der Waals surface area contributed by atoms with Crippen molar-refractivity contribution in [3.8, 4) is 0 Å². The summed E-state index contributed by atoms with van der Waals surface area (Å²) in [5.74, 6) is -0.193. The van der Waals surface area contributed by atoms with Gasteiger partial charge in [-0.05, 0) is 49.4 Å². The van der Waals surface area contributed by atoms with Crippen LogP contribution in [0.4, 0.5) is 0 Å². The second-order valence-corrected chi connectivity index (χ2v) is 6.84. The molecule has 1 aromatic carbocycles. The lowest BCUT2D eigenvalue weighted by atomic mass is 9.90. The van der Waals surface area contributed by atoms with E-state index in [0.717, 1.165) is 31.6 Å². The molecule has 4 heteroatoms. The van der Waals surface area contributed by atoms with Crippen LogP contribution in [0.3, 0.4) is 0 Å². The van der Waals surface area contributed by atoms with Crippen molar-refractivity contribution in [2.75, 3.05) is 6.54 Å². The van der Waals surface area contributed by atoms with E-state index in [1.165, 1.54) is 5.56 Å². The van der Waals surface area contributed by atoms with Crippen LogP contribution in [0.5, 0.6) is 0 Å². The highest BCUT2D eigenvalue weighted by Gasteiger charge is 2.34. The summed E-state index contributed by atoms with van der Waals surface area (Å²) in [6.45, 7) is 1.92. The van der Waals surface area contributed by atoms with E-state index >= 15 is 0 Å². The highest BCUT2D eigenvalue weighted by Crippen LogP contribution is 2.40. The molecule has 26 heavy (non-hydrogen) atoms. The second kappa shape index (κ2) is 9.30. The Kier molecular flexibility index (Phi) is 6.56. The monoisotopic (exact) mass is 350 g/mol. The van der Waals surface area contributed by atoms with Crippen molar-refractivity contribution < 1.29 is 9.90 Å². The molecule has 0 aliphatic carbocycles. The number of carboxylic acid groups (broad SMARTS) is 1. The van der Waals surface area contributed by atoms with Gasteiger partial charge in [0, 0.05) is 25.2 Å². The van der Waals surface area contributed by atoms with Gasteiger partial charge in [0.2, 0.25) is 0 Å². The second-order valence-electron chi connectivity index (χ2n) is 6.84. The van der Waals surface area contributed by atoms with Crippen molar-refractivity contribution in [2.24, 2.45) is 5.92 Å². The average Bonchev–Trinajstić information content (AvgIpc) is 3.05. The molecule has 0 bridgehead atoms. The van der Waals surface area contributed by atoms with E-state index in [-0.39, 0.29) is 6.42 Å². The zero-order chi connectivity index (χ0) is 18.2. The van der Waals surface area contributed by atoms with Gasteiger partial charge in [-0.25, -0.2) is 0 Å². The standard InChI is InChI=1S/C22H26N2O2/c25-21(26)13-6-2-5-11-19-14-16-24(17-20-12-7-8-15-23-20)22(19)18-9-3-1-4-10-18/h1-5,7-10,12,15,19,22H,6,11,13-14,16-17H2,(H,25,26)/b5-2-/t19-,22-/m1/s1. The number of likely N-dealkylation sites (tertiary alicyclic amines) is 1. The van der Waals surface area contributed by atoms with Crippen LogP contribution >= 0.6 is 0 Å². The molecule has 1 N–H and O–H groups in total. The Balaban J connectivity index is 1.69. The van der Waals surface area contributed by atoms with E-state index in [1.807, 2.05) is 24.4 Å². The van der Waals surface area contributed by atoms with Crippen LogP contribution in [0.1, 0.15) is 43.0 Å². The van der Waals surface area contributed by atoms with E-state index in [4.69, 9.17) is 5.11 Å². The van der Waals surface area contributed by atoms with Crippen molar-refractivity contribution in [1.82, 2.24) is 9.88 Å². The molecule has 1 fully saturated rings. The quantitative estimate of drug-likeness (QED) is 0.714. The minimum Gasteiger partial charge on any atom is -0.481 e. The first-order valence-corrected chi connectivity index (χ1v) is 9.29. The fourth-order valence-corrected chi connectivity index (χ4v) is 3.78. The first kappa shape index (κ1) is 18.3. The number of hydrogen-bond acceptors (Lipinski definition) is 3. The van der Waals surface area contributed by atoms with Gasteiger partial charge in [0.25, 0.3) is 0 Å². The molecule has 4 nitrogen and oxygen atoms in total. The van der Waals surface area contributed by atoms with Crippen molar-refractivity contribution in [2.45, 2.75) is 38.3 Å². The first-order valence-electron chi connectivity index (χ1n) is 9.29. The highest BCUT2D eigenvalue weighted by molar-refractivity contribution is 5.66. The number of allylic oxidation sites excluding steroid dienone is 2. The van der Waals surface area contributed by atoms with Gasteiger partial charge in [0.05, 0.1) is 5.69 Å². The van der Waals surface area contributed by atoms with Gasteiger partial charge in [-0.1, -0.05) is 48.6 Å². The molecular weight excluding hydrogens is 324 g/mol. The number of carboxylic acids is 1. The Bertz CT molecular complexity index is 715. The summed E-state index contributed by atoms with van der Waals surface area (Å²) in [6, 6.07) is 17.1. The summed E-state index contributed by atoms with van der Waals surface area (Å²) in [5, 5.41) is 8.74. The number of aliphatic carboxylic acids is 1. The highest BCUT2D eigenvalue weighted by atomic mass is 16.4. The third kappa shape index (κ3) is 5.02. The zero-order valence-electron chi connectivity index (χ0n) is 15.0. The smallest absolute Gasteiger partial charge is 0.303 e. The van der Waals surface area contributed by atoms with Crippen LogP contribution in [0.25, 0.3) is 0 Å². The van der Waals surface area contributed by atoms with Crippen molar-refractivity contribution >= 4 is 5.97 Å². The Hall–Kier alpha value is -2.46. The minimum atomic E-state index is -0.737. The molecule has 0 unspecified atom stereocenters. The van der Waals surface area contributed by atoms with Crippen LogP contribution in [0, 0.1) is 5.92 Å². The maximum atomic E-state index is 10.6. The summed E-state index contributed by atoms with van der Waals surface area (Å²) in [5.41, 5.74) is 2.45. The number of rotatable bonds is 8. The summed E-state index contributed by atoms with van der Waals surface area (Å²) < 4.78 is 0. The van der Waals surface area contributed by atoms with Gasteiger partial charge >= 0.3 is 5.97 Å². The van der Waals surface area contributed by atoms with Gasteiger partial charge in [-0.3, -0.25) is 14.7 Å². The predicted octanol–water partition coefficient (Wildman–Crippen LogP) is 4.46. The lowest BCUT2D eigenvalue weighted by Crippen LogP contribution is -2.25. The summed E-state index contributed by atoms with van der Waals surface area (Å²) in [6.07, 6.45) is 8.97. The first-order chi connectivity index (χ1) is 12.7. The molecule has 2 atom stereocenters. The zero-order valence-corrected chi connectivity index (χ0v) is 15.0. The third-order valence-electron chi connectivity index (χ3n) is 4.99. The number of hydrogen-bond donors (Lipinski definition) is 1. The Morgan fingerprint density at radius 1 is 1.15 bits per heavy atom. The van der Waals surface area contributed by atoms with Crippen LogP contribution in [-0.2, 0) is 11.3 Å². The maximum Gasteiger partial charge on any atom is 0.303 e. The van der Waals surface area contributed by atoms with E-state index in [0.29, 0.717) is 18.4 Å². The number of benzene rings is 1. The maximum absolute atomic E-state index is 10.6. The van der Waals surface area contributed by atoms with E-state index in [2.05, 4.69) is 52.4 Å². The third-order valence-corrected chi connectivity index (χ3v) is 4.99. The Labute approximate surface area is 155 Å². The molecule has 1 aliphatic rings. The topological polar surface area (TPSA) is 53.4 Å². The largest absolute Gasteiger partial charge is 0.481 e. The molecule has 2 aromatic rings. The number of aromatic nitrogens is 1. The molecule has 1 saturated heterocycles. The fraction of sp³-hybridized carbons (Fsp3) is 0.364. The molecule has 0 saturated carbocycles. The van der Waals surface area contributed by atoms with Gasteiger partial charge < -0.3 is 5.11 Å². The van der Waals surface area contributed by atoms with Gasteiger partial charge in [0.15, 0.2) is 0 Å². The Morgan fingerprint density at radius 3 is 2.69 bits per heavy atom. The summed E-state index contributed by atoms with van der Waals surface area (Å²) in [7, 11) is 0. The molecule has 0 amide bonds. The number of pyridine rings is 1. The van der Waals surface area contributed by atoms with Gasteiger partial charge in [0.1, 0.15) is 0 Å². The SMILES string of the molecule is O=C(O)CC/C=C\C[C@@H]1CCN(Cc2ccccn2)[C@@H]1c1ccccc1. The van der Waals surface area contributed by atoms with E-state index in [1.54, 1.807) is 0 Å². The molecule has 0 spiro atoms. The summed E-state index contributed by atoms with van der Waals surface area (Å²) in [4.78, 5) is 17.6. The van der Waals surface area contributed by atoms with E-state index < -0.39 is 5.97 Å². The molecule has 136 valence electrons. The molecular formula is C22H26N2O2. The fourth-order valence-electron chi connectivity index (χ4n) is 3.78.